The highest BCUT2D eigenvalue weighted by molar-refractivity contribution is 7.89. The summed E-state index contributed by atoms with van der Waals surface area (Å²) in [4.78, 5) is 13.9. The first kappa shape index (κ1) is 20.9. The molecule has 2 aromatic carbocycles. The third-order valence-corrected chi connectivity index (χ3v) is 5.87. The van der Waals surface area contributed by atoms with Crippen molar-refractivity contribution in [1.29, 1.82) is 0 Å². The van der Waals surface area contributed by atoms with Gasteiger partial charge in [0.25, 0.3) is 0 Å². The van der Waals surface area contributed by atoms with Crippen LogP contribution in [0, 0.1) is 20.8 Å². The molecule has 2 rings (SSSR count). The van der Waals surface area contributed by atoms with E-state index in [2.05, 4.69) is 4.72 Å². The Morgan fingerprint density at radius 1 is 1.07 bits per heavy atom. The third kappa shape index (κ3) is 5.08. The number of amides is 1. The third-order valence-electron chi connectivity index (χ3n) is 4.27. The van der Waals surface area contributed by atoms with Crippen LogP contribution >= 0.6 is 0 Å². The molecule has 0 aromatic heterocycles. The van der Waals surface area contributed by atoms with Gasteiger partial charge in [0.05, 0.1) is 17.7 Å². The van der Waals surface area contributed by atoms with Gasteiger partial charge in [-0.2, -0.15) is 0 Å². The Morgan fingerprint density at radius 2 is 1.70 bits per heavy atom. The van der Waals surface area contributed by atoms with Crippen molar-refractivity contribution in [2.45, 2.75) is 32.6 Å². The zero-order chi connectivity index (χ0) is 20.2. The SMILES string of the molecule is COc1ccc(C)cc1N(CCNS(=O)(=O)c1cc(C)ccc1C)C(C)=O. The number of hydrogen-bond acceptors (Lipinski definition) is 4. The summed E-state index contributed by atoms with van der Waals surface area (Å²) >= 11 is 0. The van der Waals surface area contributed by atoms with Crippen LogP contribution in [0.5, 0.6) is 5.75 Å². The van der Waals surface area contributed by atoms with Gasteiger partial charge in [-0.15, -0.1) is 0 Å². The molecule has 1 N–H and O–H groups in total. The quantitative estimate of drug-likeness (QED) is 0.789. The van der Waals surface area contributed by atoms with Gasteiger partial charge in [-0.25, -0.2) is 13.1 Å². The predicted molar refractivity (Wildman–Crippen MR) is 107 cm³/mol. The molecule has 6 nitrogen and oxygen atoms in total. The fraction of sp³-hybridized carbons (Fsp3) is 0.350. The number of nitrogens with zero attached hydrogens (tertiary/aromatic N) is 1. The van der Waals surface area contributed by atoms with Gasteiger partial charge in [0.2, 0.25) is 15.9 Å². The van der Waals surface area contributed by atoms with Crippen molar-refractivity contribution in [2.24, 2.45) is 0 Å². The van der Waals surface area contributed by atoms with E-state index in [0.717, 1.165) is 11.1 Å². The van der Waals surface area contributed by atoms with Crippen LogP contribution in [0.2, 0.25) is 0 Å². The molecule has 0 unspecified atom stereocenters. The summed E-state index contributed by atoms with van der Waals surface area (Å²) in [5, 5.41) is 0. The van der Waals surface area contributed by atoms with Crippen LogP contribution < -0.4 is 14.4 Å². The van der Waals surface area contributed by atoms with Crippen LogP contribution in [0.4, 0.5) is 5.69 Å². The Morgan fingerprint density at radius 3 is 2.33 bits per heavy atom. The van der Waals surface area contributed by atoms with Crippen molar-refractivity contribution in [3.05, 3.63) is 53.1 Å². The molecule has 0 aliphatic carbocycles. The summed E-state index contributed by atoms with van der Waals surface area (Å²) < 4.78 is 33.2. The number of aryl methyl sites for hydroxylation is 3. The number of benzene rings is 2. The molecule has 27 heavy (non-hydrogen) atoms. The molecule has 1 amide bonds. The lowest BCUT2D eigenvalue weighted by Gasteiger charge is -2.24. The minimum absolute atomic E-state index is 0.0897. The van der Waals surface area contributed by atoms with E-state index in [1.165, 1.54) is 18.9 Å². The van der Waals surface area contributed by atoms with Gasteiger partial charge in [0.15, 0.2) is 0 Å². The summed E-state index contributed by atoms with van der Waals surface area (Å²) in [7, 11) is -2.12. The number of sulfonamides is 1. The second kappa shape index (κ2) is 8.54. The van der Waals surface area contributed by atoms with Gasteiger partial charge in [0, 0.05) is 20.0 Å². The van der Waals surface area contributed by atoms with Gasteiger partial charge in [-0.1, -0.05) is 18.2 Å². The molecule has 0 aliphatic heterocycles. The lowest BCUT2D eigenvalue weighted by atomic mass is 10.2. The number of carbonyl (C=O) groups excluding carboxylic acids is 1. The maximum Gasteiger partial charge on any atom is 0.240 e. The van der Waals surface area contributed by atoms with Crippen molar-refractivity contribution in [1.82, 2.24) is 4.72 Å². The van der Waals surface area contributed by atoms with Gasteiger partial charge in [-0.3, -0.25) is 4.79 Å². The number of rotatable bonds is 7. The number of hydrogen-bond donors (Lipinski definition) is 1. The normalized spacial score (nSPS) is 11.3. The highest BCUT2D eigenvalue weighted by Gasteiger charge is 2.20. The smallest absolute Gasteiger partial charge is 0.240 e. The minimum Gasteiger partial charge on any atom is -0.495 e. The van der Waals surface area contributed by atoms with Crippen molar-refractivity contribution < 1.29 is 17.9 Å². The second-order valence-electron chi connectivity index (χ2n) is 6.51. The van der Waals surface area contributed by atoms with Crippen molar-refractivity contribution in [3.8, 4) is 5.75 Å². The number of methoxy groups -OCH3 is 1. The summed E-state index contributed by atoms with van der Waals surface area (Å²) in [5.41, 5.74) is 3.15. The van der Waals surface area contributed by atoms with E-state index in [9.17, 15) is 13.2 Å². The molecule has 0 saturated heterocycles. The number of ether oxygens (including phenoxy) is 1. The second-order valence-corrected chi connectivity index (χ2v) is 8.25. The number of anilines is 1. The average molecular weight is 391 g/mol. The first-order valence-corrected chi connectivity index (χ1v) is 10.1. The Labute approximate surface area is 161 Å². The lowest BCUT2D eigenvalue weighted by Crippen LogP contribution is -2.38. The Hall–Kier alpha value is -2.38. The molecular weight excluding hydrogens is 364 g/mol. The fourth-order valence-corrected chi connectivity index (χ4v) is 4.17. The van der Waals surface area contributed by atoms with Crippen LogP contribution in [0.1, 0.15) is 23.6 Å². The molecule has 0 bridgehead atoms. The molecule has 0 spiro atoms. The molecule has 7 heteroatoms. The molecule has 0 aliphatic rings. The largest absolute Gasteiger partial charge is 0.495 e. The van der Waals surface area contributed by atoms with Gasteiger partial charge in [-0.05, 0) is 55.7 Å². The standard InChI is InChI=1S/C20H26N2O4S/c1-14-7-9-19(26-5)18(12-14)22(17(4)23)11-10-21-27(24,25)20-13-15(2)6-8-16(20)3/h6-9,12-13,21H,10-11H2,1-5H3. The molecule has 2 aromatic rings. The van der Waals surface area contributed by atoms with E-state index < -0.39 is 10.0 Å². The lowest BCUT2D eigenvalue weighted by molar-refractivity contribution is -0.116. The van der Waals surface area contributed by atoms with E-state index >= 15 is 0 Å². The summed E-state index contributed by atoms with van der Waals surface area (Å²) in [6, 6.07) is 10.8. The first-order valence-electron chi connectivity index (χ1n) is 8.65. The zero-order valence-electron chi connectivity index (χ0n) is 16.4. The van der Waals surface area contributed by atoms with Crippen molar-refractivity contribution in [3.63, 3.8) is 0 Å². The minimum atomic E-state index is -3.66. The first-order chi connectivity index (χ1) is 12.7. The van der Waals surface area contributed by atoms with Crippen LogP contribution in [0.25, 0.3) is 0 Å². The molecule has 146 valence electrons. The van der Waals surface area contributed by atoms with Gasteiger partial charge in [0.1, 0.15) is 5.75 Å². The predicted octanol–water partition coefficient (Wildman–Crippen LogP) is 2.95. The fourth-order valence-electron chi connectivity index (χ4n) is 2.82. The molecule has 0 heterocycles. The van der Waals surface area contributed by atoms with E-state index in [1.807, 2.05) is 32.0 Å². The number of nitrogens with one attached hydrogen (secondary N) is 1. The Kier molecular flexibility index (Phi) is 6.62. The van der Waals surface area contributed by atoms with Gasteiger partial charge >= 0.3 is 0 Å². The maximum absolute atomic E-state index is 12.6. The maximum atomic E-state index is 12.6. The highest BCUT2D eigenvalue weighted by Crippen LogP contribution is 2.29. The zero-order valence-corrected chi connectivity index (χ0v) is 17.2. The molecule has 0 fully saturated rings. The van der Waals surface area contributed by atoms with E-state index in [0.29, 0.717) is 17.0 Å². The molecule has 0 radical (unpaired) electrons. The van der Waals surface area contributed by atoms with Crippen LogP contribution in [0.3, 0.4) is 0 Å². The molecule has 0 atom stereocenters. The summed E-state index contributed by atoms with van der Waals surface area (Å²) in [5.74, 6) is 0.373. The van der Waals surface area contributed by atoms with Crippen molar-refractivity contribution >= 4 is 21.6 Å². The molecule has 0 saturated carbocycles. The number of carbonyl (C=O) groups is 1. The highest BCUT2D eigenvalue weighted by atomic mass is 32.2. The average Bonchev–Trinajstić information content (AvgIpc) is 2.60. The van der Waals surface area contributed by atoms with Crippen LogP contribution in [-0.2, 0) is 14.8 Å². The topological polar surface area (TPSA) is 75.7 Å². The van der Waals surface area contributed by atoms with Gasteiger partial charge < -0.3 is 9.64 Å². The van der Waals surface area contributed by atoms with E-state index in [1.54, 1.807) is 25.1 Å². The Balaban J connectivity index is 2.19. The molecular formula is C20H26N2O4S. The Bertz CT molecular complexity index is 939. The summed E-state index contributed by atoms with van der Waals surface area (Å²) in [6.07, 6.45) is 0. The summed E-state index contributed by atoms with van der Waals surface area (Å²) in [6.45, 7) is 7.25. The van der Waals surface area contributed by atoms with Crippen LogP contribution in [-0.4, -0.2) is 34.5 Å². The van der Waals surface area contributed by atoms with E-state index in [4.69, 9.17) is 4.74 Å². The van der Waals surface area contributed by atoms with E-state index in [-0.39, 0.29) is 23.9 Å². The monoisotopic (exact) mass is 390 g/mol. The van der Waals surface area contributed by atoms with Crippen LogP contribution in [0.15, 0.2) is 41.3 Å². The van der Waals surface area contributed by atoms with Crippen molar-refractivity contribution in [2.75, 3.05) is 25.1 Å².